The lowest BCUT2D eigenvalue weighted by atomic mass is 9.99. The molecule has 0 radical (unpaired) electrons. The number of benzene rings is 3. The molecule has 1 aliphatic heterocycles. The van der Waals surface area contributed by atoms with E-state index >= 15 is 0 Å². The van der Waals surface area contributed by atoms with Crippen LogP contribution in [-0.2, 0) is 4.79 Å². The Balaban J connectivity index is 1.57. The number of carbonyl (C=O) groups is 3. The lowest BCUT2D eigenvalue weighted by Gasteiger charge is -2.25. The zero-order chi connectivity index (χ0) is 21.7. The Hall–Kier alpha value is -3.90. The van der Waals surface area contributed by atoms with Crippen molar-refractivity contribution < 1.29 is 14.4 Å². The van der Waals surface area contributed by atoms with Crippen LogP contribution in [0.25, 0.3) is 11.1 Å². The largest absolute Gasteiger partial charge is 0.289 e. The number of hydrogen-bond donors (Lipinski definition) is 0. The molecular weight excluding hydrogens is 390 g/mol. The molecule has 152 valence electrons. The zero-order valence-electron chi connectivity index (χ0n) is 17.1. The molecule has 0 saturated carbocycles. The van der Waals surface area contributed by atoms with E-state index in [1.807, 2.05) is 49.4 Å². The molecule has 1 heterocycles. The smallest absolute Gasteiger partial charge is 0.289 e. The molecule has 2 amide bonds. The van der Waals surface area contributed by atoms with Crippen molar-refractivity contribution in [3.8, 4) is 11.1 Å². The molecule has 1 unspecified atom stereocenters. The molecule has 1 aliphatic carbocycles. The summed E-state index contributed by atoms with van der Waals surface area (Å²) in [4.78, 5) is 43.3. The van der Waals surface area contributed by atoms with Crippen LogP contribution >= 0.6 is 0 Å². The van der Waals surface area contributed by atoms with Crippen molar-refractivity contribution in [1.29, 1.82) is 0 Å². The van der Waals surface area contributed by atoms with Gasteiger partial charge in [-0.25, -0.2) is 15.0 Å². The highest BCUT2D eigenvalue weighted by atomic mass is 16.2. The quantitative estimate of drug-likeness (QED) is 0.505. The first kappa shape index (κ1) is 19.1. The lowest BCUT2D eigenvalue weighted by Crippen LogP contribution is -2.38. The van der Waals surface area contributed by atoms with Gasteiger partial charge in [-0.05, 0) is 30.7 Å². The Kier molecular flexibility index (Phi) is 4.38. The second kappa shape index (κ2) is 7.11. The Morgan fingerprint density at radius 1 is 0.839 bits per heavy atom. The average molecular weight is 409 g/mol. The third kappa shape index (κ3) is 2.84. The Morgan fingerprint density at radius 2 is 1.48 bits per heavy atom. The third-order valence-corrected chi connectivity index (χ3v) is 5.89. The fraction of sp³-hybridized carbons (Fsp3) is 0.120. The van der Waals surface area contributed by atoms with Crippen LogP contribution in [0.4, 0.5) is 5.69 Å². The number of carbonyl (C=O) groups excluding carboxylic acids is 3. The van der Waals surface area contributed by atoms with Gasteiger partial charge in [0.2, 0.25) is 0 Å². The van der Waals surface area contributed by atoms with Crippen molar-refractivity contribution in [3.05, 3.63) is 89.5 Å². The van der Waals surface area contributed by atoms with E-state index < -0.39 is 5.91 Å². The van der Waals surface area contributed by atoms with Crippen LogP contribution in [-0.4, -0.2) is 41.4 Å². The molecule has 0 spiro atoms. The summed E-state index contributed by atoms with van der Waals surface area (Å²) in [6, 6.07) is 21.1. The van der Waals surface area contributed by atoms with E-state index in [9.17, 15) is 14.4 Å². The molecule has 3 aromatic carbocycles. The monoisotopic (exact) mass is 409 g/mol. The number of para-hydroxylation sites is 1. The van der Waals surface area contributed by atoms with Gasteiger partial charge in [-0.2, -0.15) is 0 Å². The molecule has 1 saturated heterocycles. The van der Waals surface area contributed by atoms with Gasteiger partial charge < -0.3 is 0 Å². The van der Waals surface area contributed by atoms with E-state index in [-0.39, 0.29) is 23.4 Å². The van der Waals surface area contributed by atoms with Crippen LogP contribution in [0.1, 0.15) is 33.2 Å². The summed E-state index contributed by atoms with van der Waals surface area (Å²) in [5.74, 6) is -0.966. The molecule has 0 bridgehead atoms. The van der Waals surface area contributed by atoms with Gasteiger partial charge in [0.1, 0.15) is 5.71 Å². The van der Waals surface area contributed by atoms with E-state index in [2.05, 4.69) is 4.99 Å². The van der Waals surface area contributed by atoms with Crippen molar-refractivity contribution in [1.82, 2.24) is 5.01 Å². The van der Waals surface area contributed by atoms with Crippen molar-refractivity contribution in [2.75, 3.05) is 12.1 Å². The molecule has 3 aromatic rings. The Bertz CT molecular complexity index is 1280. The maximum atomic E-state index is 13.2. The maximum absolute atomic E-state index is 13.2. The highest BCUT2D eigenvalue weighted by Crippen LogP contribution is 2.39. The maximum Gasteiger partial charge on any atom is 0.289 e. The van der Waals surface area contributed by atoms with Crippen LogP contribution in [0.2, 0.25) is 0 Å². The highest BCUT2D eigenvalue weighted by molar-refractivity contribution is 6.48. The van der Waals surface area contributed by atoms with Gasteiger partial charge in [-0.3, -0.25) is 14.4 Å². The van der Waals surface area contributed by atoms with Crippen molar-refractivity contribution in [2.45, 2.75) is 13.0 Å². The minimum Gasteiger partial charge on any atom is -0.289 e. The van der Waals surface area contributed by atoms with Gasteiger partial charge in [0.05, 0.1) is 17.3 Å². The minimum absolute atomic E-state index is 0.104. The first-order valence-corrected chi connectivity index (χ1v) is 10.0. The van der Waals surface area contributed by atoms with Crippen LogP contribution < -0.4 is 5.01 Å². The van der Waals surface area contributed by atoms with E-state index in [4.69, 9.17) is 0 Å². The number of nitrogens with zero attached hydrogens (tertiary/aromatic N) is 3. The Morgan fingerprint density at radius 3 is 2.23 bits per heavy atom. The highest BCUT2D eigenvalue weighted by Gasteiger charge is 2.41. The summed E-state index contributed by atoms with van der Waals surface area (Å²) in [7, 11) is 1.79. The Labute approximate surface area is 179 Å². The third-order valence-electron chi connectivity index (χ3n) is 5.89. The van der Waals surface area contributed by atoms with E-state index in [1.165, 1.54) is 5.01 Å². The molecule has 6 nitrogen and oxygen atoms in total. The average Bonchev–Trinajstić information content (AvgIpc) is 3.20. The van der Waals surface area contributed by atoms with Gasteiger partial charge in [0, 0.05) is 23.7 Å². The molecule has 5 rings (SSSR count). The number of amides is 2. The summed E-state index contributed by atoms with van der Waals surface area (Å²) in [5, 5.41) is 3.28. The summed E-state index contributed by atoms with van der Waals surface area (Å²) in [6.45, 7) is 1.83. The summed E-state index contributed by atoms with van der Waals surface area (Å²) in [5.41, 5.74) is 3.58. The first-order chi connectivity index (χ1) is 15.0. The predicted octanol–water partition coefficient (Wildman–Crippen LogP) is 3.76. The summed E-state index contributed by atoms with van der Waals surface area (Å²) in [6.07, 6.45) is 0. The van der Waals surface area contributed by atoms with Crippen molar-refractivity contribution in [2.24, 2.45) is 4.99 Å². The zero-order valence-corrected chi connectivity index (χ0v) is 17.1. The topological polar surface area (TPSA) is 70.0 Å². The number of fused-ring (bicyclic) bond motifs is 3. The molecule has 31 heavy (non-hydrogen) atoms. The summed E-state index contributed by atoms with van der Waals surface area (Å²) < 4.78 is 0. The van der Waals surface area contributed by atoms with Crippen LogP contribution in [0.15, 0.2) is 77.8 Å². The minimum atomic E-state index is -0.528. The second-order valence-corrected chi connectivity index (χ2v) is 7.61. The fourth-order valence-corrected chi connectivity index (χ4v) is 4.21. The van der Waals surface area contributed by atoms with Crippen LogP contribution in [0.5, 0.6) is 0 Å². The molecule has 1 atom stereocenters. The van der Waals surface area contributed by atoms with Gasteiger partial charge in [0.25, 0.3) is 11.8 Å². The normalized spacial score (nSPS) is 19.1. The standard InChI is InChI=1S/C25H19N3O3/c1-15-22(25(31)28(27(15)2)16-9-4-3-5-10-16)26-24(30)20-14-8-13-19-21(20)17-11-6-7-12-18(17)23(19)29/h3-15H,1-2H3. The molecular formula is C25H19N3O3. The number of ketones is 1. The molecule has 0 aromatic heterocycles. The van der Waals surface area contributed by atoms with Crippen LogP contribution in [0, 0.1) is 0 Å². The molecule has 1 fully saturated rings. The number of hydrazine groups is 1. The van der Waals surface area contributed by atoms with Crippen molar-refractivity contribution >= 4 is 29.0 Å². The number of rotatable bonds is 2. The second-order valence-electron chi connectivity index (χ2n) is 7.61. The number of anilines is 1. The molecule has 0 N–H and O–H groups in total. The predicted molar refractivity (Wildman–Crippen MR) is 118 cm³/mol. The summed E-state index contributed by atoms with van der Waals surface area (Å²) >= 11 is 0. The van der Waals surface area contributed by atoms with E-state index in [0.717, 1.165) is 5.56 Å². The van der Waals surface area contributed by atoms with Gasteiger partial charge in [-0.15, -0.1) is 0 Å². The molecule has 2 aliphatic rings. The van der Waals surface area contributed by atoms with Crippen molar-refractivity contribution in [3.63, 3.8) is 0 Å². The first-order valence-electron chi connectivity index (χ1n) is 10.0. The number of aliphatic imine (C=N–C) groups is 1. The molecule has 6 heteroatoms. The van der Waals surface area contributed by atoms with E-state index in [1.54, 1.807) is 42.4 Å². The van der Waals surface area contributed by atoms with Gasteiger partial charge in [-0.1, -0.05) is 54.6 Å². The van der Waals surface area contributed by atoms with Gasteiger partial charge >= 0.3 is 0 Å². The van der Waals surface area contributed by atoms with Gasteiger partial charge in [0.15, 0.2) is 5.78 Å². The lowest BCUT2D eigenvalue weighted by molar-refractivity contribution is -0.113. The number of hydrogen-bond acceptors (Lipinski definition) is 4. The van der Waals surface area contributed by atoms with E-state index in [0.29, 0.717) is 27.9 Å². The SMILES string of the molecule is CC1C(=NC(=O)c2cccc3c2-c2ccccc2C3=O)C(=O)N(c2ccccc2)N1C. The van der Waals surface area contributed by atoms with Crippen LogP contribution in [0.3, 0.4) is 0 Å². The fourth-order valence-electron chi connectivity index (χ4n) is 4.21.